The number of phenolic OH excluding ortho intramolecular Hbond substituents is 1. The molecule has 3 aromatic carbocycles. The fraction of sp³-hybridized carbons (Fsp3) is 0.0556. The molecule has 0 radical (unpaired) electrons. The highest BCUT2D eigenvalue weighted by atomic mass is 19.3. The fourth-order valence-corrected chi connectivity index (χ4v) is 2.37. The second-order valence-electron chi connectivity index (χ2n) is 5.05. The Balaban J connectivity index is 1.92. The molecule has 24 heavy (non-hydrogen) atoms. The SMILES string of the molecule is O=C(Nc1ccccc1OC(F)F)c1cc2ccccc2cc1O. The maximum Gasteiger partial charge on any atom is 0.387 e. The molecule has 3 aromatic rings. The van der Waals surface area contributed by atoms with Crippen LogP contribution in [0.25, 0.3) is 10.8 Å². The van der Waals surface area contributed by atoms with Crippen LogP contribution in [0.15, 0.2) is 60.7 Å². The second-order valence-corrected chi connectivity index (χ2v) is 5.05. The maximum absolute atomic E-state index is 12.4. The summed E-state index contributed by atoms with van der Waals surface area (Å²) >= 11 is 0. The van der Waals surface area contributed by atoms with Crippen LogP contribution in [0.1, 0.15) is 10.4 Å². The Kier molecular flexibility index (Phi) is 4.29. The zero-order chi connectivity index (χ0) is 17.1. The number of amides is 1. The van der Waals surface area contributed by atoms with Crippen molar-refractivity contribution >= 4 is 22.4 Å². The van der Waals surface area contributed by atoms with Crippen molar-refractivity contribution in [2.75, 3.05) is 5.32 Å². The first-order chi connectivity index (χ1) is 11.5. The van der Waals surface area contributed by atoms with Gasteiger partial charge in [-0.2, -0.15) is 8.78 Å². The predicted molar refractivity (Wildman–Crippen MR) is 86.6 cm³/mol. The number of aromatic hydroxyl groups is 1. The average Bonchev–Trinajstić information content (AvgIpc) is 2.55. The van der Waals surface area contributed by atoms with Crippen molar-refractivity contribution in [2.24, 2.45) is 0 Å². The minimum Gasteiger partial charge on any atom is -0.507 e. The van der Waals surface area contributed by atoms with Crippen LogP contribution in [-0.2, 0) is 0 Å². The molecule has 0 aliphatic heterocycles. The third-order valence-electron chi connectivity index (χ3n) is 3.46. The lowest BCUT2D eigenvalue weighted by Crippen LogP contribution is -2.14. The summed E-state index contributed by atoms with van der Waals surface area (Å²) in [4.78, 5) is 12.4. The molecule has 0 spiro atoms. The minimum absolute atomic E-state index is 0.0422. The van der Waals surface area contributed by atoms with Gasteiger partial charge in [0.1, 0.15) is 11.5 Å². The van der Waals surface area contributed by atoms with E-state index >= 15 is 0 Å². The van der Waals surface area contributed by atoms with Crippen molar-refractivity contribution in [3.8, 4) is 11.5 Å². The number of hydrogen-bond acceptors (Lipinski definition) is 3. The molecule has 0 saturated carbocycles. The number of alkyl halides is 2. The lowest BCUT2D eigenvalue weighted by Gasteiger charge is -2.12. The van der Waals surface area contributed by atoms with Gasteiger partial charge < -0.3 is 15.2 Å². The van der Waals surface area contributed by atoms with E-state index in [4.69, 9.17) is 0 Å². The van der Waals surface area contributed by atoms with Crippen LogP contribution in [0, 0.1) is 0 Å². The first-order valence-electron chi connectivity index (χ1n) is 7.11. The van der Waals surface area contributed by atoms with Crippen molar-refractivity contribution in [2.45, 2.75) is 6.61 Å². The van der Waals surface area contributed by atoms with Gasteiger partial charge in [0.2, 0.25) is 0 Å². The lowest BCUT2D eigenvalue weighted by atomic mass is 10.1. The molecule has 0 aliphatic carbocycles. The average molecular weight is 329 g/mol. The van der Waals surface area contributed by atoms with E-state index in [-0.39, 0.29) is 22.7 Å². The van der Waals surface area contributed by atoms with E-state index in [0.717, 1.165) is 10.8 Å². The summed E-state index contributed by atoms with van der Waals surface area (Å²) in [5.41, 5.74) is 0.135. The highest BCUT2D eigenvalue weighted by Crippen LogP contribution is 2.29. The van der Waals surface area contributed by atoms with Crippen LogP contribution in [-0.4, -0.2) is 17.6 Å². The Hall–Kier alpha value is -3.15. The van der Waals surface area contributed by atoms with Crippen LogP contribution in [0.3, 0.4) is 0 Å². The summed E-state index contributed by atoms with van der Waals surface area (Å²) in [6, 6.07) is 16.1. The van der Waals surface area contributed by atoms with E-state index in [9.17, 15) is 18.7 Å². The van der Waals surface area contributed by atoms with E-state index in [1.54, 1.807) is 12.1 Å². The van der Waals surface area contributed by atoms with E-state index < -0.39 is 12.5 Å². The number of halogens is 2. The van der Waals surface area contributed by atoms with Crippen molar-refractivity contribution in [3.05, 3.63) is 66.2 Å². The van der Waals surface area contributed by atoms with Gasteiger partial charge in [-0.15, -0.1) is 0 Å². The topological polar surface area (TPSA) is 58.6 Å². The van der Waals surface area contributed by atoms with Crippen LogP contribution in [0.2, 0.25) is 0 Å². The summed E-state index contributed by atoms with van der Waals surface area (Å²) in [6.07, 6.45) is 0. The number of carbonyl (C=O) groups excluding carboxylic acids is 1. The van der Waals surface area contributed by atoms with Crippen LogP contribution < -0.4 is 10.1 Å². The lowest BCUT2D eigenvalue weighted by molar-refractivity contribution is -0.0493. The molecule has 0 unspecified atom stereocenters. The molecule has 1 amide bonds. The molecule has 0 heterocycles. The van der Waals surface area contributed by atoms with Gasteiger partial charge in [-0.3, -0.25) is 4.79 Å². The Morgan fingerprint density at radius 1 is 1.00 bits per heavy atom. The number of carbonyl (C=O) groups is 1. The second kappa shape index (κ2) is 6.54. The molecular formula is C18H13F2NO3. The molecule has 0 fully saturated rings. The zero-order valence-electron chi connectivity index (χ0n) is 12.4. The molecule has 0 atom stereocenters. The highest BCUT2D eigenvalue weighted by Gasteiger charge is 2.16. The van der Waals surface area contributed by atoms with Gasteiger partial charge in [0.15, 0.2) is 0 Å². The van der Waals surface area contributed by atoms with Crippen LogP contribution >= 0.6 is 0 Å². The molecule has 0 aliphatic rings. The zero-order valence-corrected chi connectivity index (χ0v) is 12.4. The molecule has 3 rings (SSSR count). The largest absolute Gasteiger partial charge is 0.507 e. The molecule has 2 N–H and O–H groups in total. The third-order valence-corrected chi connectivity index (χ3v) is 3.46. The van der Waals surface area contributed by atoms with E-state index in [1.807, 2.05) is 18.2 Å². The molecule has 0 aromatic heterocycles. The van der Waals surface area contributed by atoms with E-state index in [1.165, 1.54) is 30.3 Å². The fourth-order valence-electron chi connectivity index (χ4n) is 2.37. The summed E-state index contributed by atoms with van der Waals surface area (Å²) in [5.74, 6) is -0.969. The van der Waals surface area contributed by atoms with Gasteiger partial charge in [0.25, 0.3) is 5.91 Å². The number of fused-ring (bicyclic) bond motifs is 1. The van der Waals surface area contributed by atoms with Gasteiger partial charge in [-0.25, -0.2) is 0 Å². The van der Waals surface area contributed by atoms with Gasteiger partial charge in [0.05, 0.1) is 11.3 Å². The maximum atomic E-state index is 12.4. The number of para-hydroxylation sites is 2. The van der Waals surface area contributed by atoms with Crippen LogP contribution in [0.4, 0.5) is 14.5 Å². The Morgan fingerprint density at radius 3 is 2.33 bits per heavy atom. The quantitative estimate of drug-likeness (QED) is 0.746. The minimum atomic E-state index is -3.00. The van der Waals surface area contributed by atoms with E-state index in [0.29, 0.717) is 0 Å². The number of benzene rings is 3. The molecular weight excluding hydrogens is 316 g/mol. The number of ether oxygens (including phenoxy) is 1. The Bertz CT molecular complexity index is 896. The highest BCUT2D eigenvalue weighted by molar-refractivity contribution is 6.09. The molecule has 122 valence electrons. The van der Waals surface area contributed by atoms with Crippen molar-refractivity contribution < 1.29 is 23.4 Å². The van der Waals surface area contributed by atoms with Crippen molar-refractivity contribution in [1.29, 1.82) is 0 Å². The predicted octanol–water partition coefficient (Wildman–Crippen LogP) is 4.40. The molecule has 4 nitrogen and oxygen atoms in total. The smallest absolute Gasteiger partial charge is 0.387 e. The number of nitrogens with one attached hydrogen (secondary N) is 1. The van der Waals surface area contributed by atoms with Crippen LogP contribution in [0.5, 0.6) is 11.5 Å². The Labute approximate surface area is 136 Å². The van der Waals surface area contributed by atoms with Gasteiger partial charge in [0, 0.05) is 0 Å². The van der Waals surface area contributed by atoms with Gasteiger partial charge in [-0.1, -0.05) is 36.4 Å². The summed E-state index contributed by atoms with van der Waals surface area (Å²) in [5, 5.41) is 14.1. The number of anilines is 1. The normalized spacial score (nSPS) is 10.8. The first-order valence-corrected chi connectivity index (χ1v) is 7.11. The summed E-state index contributed by atoms with van der Waals surface area (Å²) in [6.45, 7) is -3.00. The third kappa shape index (κ3) is 3.27. The van der Waals surface area contributed by atoms with Crippen molar-refractivity contribution in [3.63, 3.8) is 0 Å². The molecule has 6 heteroatoms. The molecule has 0 saturated heterocycles. The monoisotopic (exact) mass is 329 g/mol. The van der Waals surface area contributed by atoms with Crippen molar-refractivity contribution in [1.82, 2.24) is 0 Å². The number of rotatable bonds is 4. The summed E-state index contributed by atoms with van der Waals surface area (Å²) < 4.78 is 29.2. The van der Waals surface area contributed by atoms with Gasteiger partial charge in [-0.05, 0) is 35.0 Å². The standard InChI is InChI=1S/C18H13F2NO3/c19-18(20)24-16-8-4-3-7-14(16)21-17(23)13-9-11-5-1-2-6-12(11)10-15(13)22/h1-10,18,22H,(H,21,23). The molecule has 0 bridgehead atoms. The first kappa shape index (κ1) is 15.7. The van der Waals surface area contributed by atoms with Gasteiger partial charge >= 0.3 is 6.61 Å². The number of hydrogen-bond donors (Lipinski definition) is 2. The van der Waals surface area contributed by atoms with E-state index in [2.05, 4.69) is 10.1 Å². The summed E-state index contributed by atoms with van der Waals surface area (Å²) in [7, 11) is 0. The Morgan fingerprint density at radius 2 is 1.62 bits per heavy atom. The number of phenols is 1.